The molecule has 0 heterocycles. The Morgan fingerprint density at radius 3 is 1.83 bits per heavy atom. The molecule has 2 N–H and O–H groups in total. The van der Waals surface area contributed by atoms with Crippen LogP contribution in [0, 0.1) is 0 Å². The summed E-state index contributed by atoms with van der Waals surface area (Å²) in [5.74, 6) is -2.42. The van der Waals surface area contributed by atoms with E-state index in [1.54, 1.807) is 0 Å². The van der Waals surface area contributed by atoms with E-state index in [1.165, 1.54) is 0 Å². The zero-order valence-corrected chi connectivity index (χ0v) is 14.7. The molecular weight excluding hydrogens is 585 g/mol. The molecule has 1 aliphatic rings. The Balaban J connectivity index is 0.000000354. The molecule has 1 aliphatic carbocycles. The molecule has 1 fully saturated rings. The zero-order valence-electron chi connectivity index (χ0n) is 6.49. The Labute approximate surface area is 102 Å². The minimum atomic E-state index is -2.42. The van der Waals surface area contributed by atoms with E-state index in [0.29, 0.717) is 12.8 Å². The average molecular weight is 596 g/mol. The maximum atomic E-state index is 12.3. The second kappa shape index (κ2) is 7.49. The molecule has 0 saturated heterocycles. The Morgan fingerprint density at radius 2 is 1.58 bits per heavy atom. The van der Waals surface area contributed by atoms with Crippen LogP contribution in [0.4, 0.5) is 8.78 Å². The third-order valence-corrected chi connectivity index (χ3v) is 1.76. The number of alkyl halides is 2. The fourth-order valence-electron chi connectivity index (χ4n) is 1.06. The van der Waals surface area contributed by atoms with Crippen LogP contribution in [-0.2, 0) is 0 Å². The third-order valence-electron chi connectivity index (χ3n) is 1.76. The Bertz CT molecular complexity index is 116. The van der Waals surface area contributed by atoms with E-state index in [4.69, 9.17) is 5.73 Å². The molecule has 0 atom stereocenters. The van der Waals surface area contributed by atoms with Crippen molar-refractivity contribution < 1.29 is 8.78 Å². The van der Waals surface area contributed by atoms with Crippen LogP contribution in [-0.4, -0.2) is 27.6 Å². The van der Waals surface area contributed by atoms with Gasteiger partial charge >= 0.3 is 51.2 Å². The topological polar surface area (TPSA) is 26.0 Å². The van der Waals surface area contributed by atoms with E-state index < -0.39 is 5.92 Å². The van der Waals surface area contributed by atoms with Gasteiger partial charge in [0.2, 0.25) is 5.92 Å². The summed E-state index contributed by atoms with van der Waals surface area (Å²) >= 11 is 4.96. The van der Waals surface area contributed by atoms with Crippen molar-refractivity contribution in [3.8, 4) is 0 Å². The number of hydrogen-bond acceptors (Lipinski definition) is 1. The molecule has 72 valence electrons. The fraction of sp³-hybridized carbons (Fsp3) is 1.00. The second-order valence-corrected chi connectivity index (χ2v) is 30.9. The Kier molecular flexibility index (Phi) is 8.86. The summed E-state index contributed by atoms with van der Waals surface area (Å²) < 4.78 is 24.6. The zero-order chi connectivity index (χ0) is 9.61. The summed E-state index contributed by atoms with van der Waals surface area (Å²) in [5, 5.41) is 0. The van der Waals surface area contributed by atoms with Crippen molar-refractivity contribution in [2.45, 2.75) is 37.6 Å². The molecule has 0 bridgehead atoms. The maximum absolute atomic E-state index is 12.3. The van der Waals surface area contributed by atoms with Crippen LogP contribution in [0.3, 0.4) is 0 Å². The van der Waals surface area contributed by atoms with Gasteiger partial charge in [-0.05, 0) is 12.8 Å². The van der Waals surface area contributed by atoms with Crippen LogP contribution in [0.2, 0.25) is 0 Å². The molecule has 0 spiro atoms. The summed E-state index contributed by atoms with van der Waals surface area (Å²) in [6, 6.07) is 0.0182. The van der Waals surface area contributed by atoms with Gasteiger partial charge in [0.05, 0.1) is 0 Å². The van der Waals surface area contributed by atoms with E-state index in [0.717, 1.165) is 0 Å². The molecule has 1 nitrogen and oxygen atoms in total. The van der Waals surface area contributed by atoms with Crippen molar-refractivity contribution >= 4 is 51.2 Å². The van der Waals surface area contributed by atoms with Crippen molar-refractivity contribution in [2.24, 2.45) is 5.73 Å². The van der Waals surface area contributed by atoms with E-state index in [-0.39, 0.29) is 34.5 Å². The van der Waals surface area contributed by atoms with Gasteiger partial charge in [-0.15, -0.1) is 0 Å². The van der Waals surface area contributed by atoms with Gasteiger partial charge in [-0.3, -0.25) is 0 Å². The van der Waals surface area contributed by atoms with Gasteiger partial charge in [0, 0.05) is 18.9 Å². The molecular formula is C6H11F2I2NPb. The predicted octanol–water partition coefficient (Wildman–Crippen LogP) is 2.91. The van der Waals surface area contributed by atoms with Crippen LogP contribution in [0.5, 0.6) is 0 Å². The third kappa shape index (κ3) is 7.59. The Hall–Kier alpha value is 2.20. The fourth-order valence-corrected chi connectivity index (χ4v) is 1.06. The molecule has 1 saturated carbocycles. The monoisotopic (exact) mass is 597 g/mol. The summed E-state index contributed by atoms with van der Waals surface area (Å²) in [6.07, 6.45) is 0.919. The molecule has 1 rings (SSSR count). The van der Waals surface area contributed by atoms with Gasteiger partial charge in [0.25, 0.3) is 0 Å². The van der Waals surface area contributed by atoms with E-state index in [9.17, 15) is 8.78 Å². The quantitative estimate of drug-likeness (QED) is 0.338. The van der Waals surface area contributed by atoms with Crippen molar-refractivity contribution in [1.29, 1.82) is 0 Å². The van der Waals surface area contributed by atoms with Gasteiger partial charge in [-0.25, -0.2) is 8.78 Å². The minimum absolute atomic E-state index is 0.0182. The summed E-state index contributed by atoms with van der Waals surface area (Å²) in [5.41, 5.74) is 5.42. The van der Waals surface area contributed by atoms with Crippen LogP contribution < -0.4 is 5.73 Å². The molecule has 12 heavy (non-hydrogen) atoms. The van der Waals surface area contributed by atoms with Crippen molar-refractivity contribution in [3.63, 3.8) is 0 Å². The molecule has 6 heteroatoms. The molecule has 0 aromatic rings. The van der Waals surface area contributed by atoms with Gasteiger partial charge in [0.1, 0.15) is 0 Å². The van der Waals surface area contributed by atoms with Gasteiger partial charge in [0.15, 0.2) is 0 Å². The van der Waals surface area contributed by atoms with E-state index in [2.05, 4.69) is 35.5 Å². The van der Waals surface area contributed by atoms with Gasteiger partial charge in [-0.2, -0.15) is 0 Å². The van der Waals surface area contributed by atoms with Crippen LogP contribution in [0.1, 0.15) is 25.7 Å². The molecule has 0 aromatic heterocycles. The van der Waals surface area contributed by atoms with Crippen LogP contribution in [0.25, 0.3) is 0 Å². The second-order valence-electron chi connectivity index (χ2n) is 2.76. The summed E-state index contributed by atoms with van der Waals surface area (Å²) in [6.45, 7) is 0. The van der Waals surface area contributed by atoms with E-state index in [1.807, 2.05) is 0 Å². The van der Waals surface area contributed by atoms with Crippen LogP contribution >= 0.6 is 35.5 Å². The summed E-state index contributed by atoms with van der Waals surface area (Å²) in [7, 11) is 0. The van der Waals surface area contributed by atoms with Crippen molar-refractivity contribution in [1.82, 2.24) is 0 Å². The number of halogens is 4. The first-order valence-corrected chi connectivity index (χ1v) is 25.5. The molecule has 2 radical (unpaired) electrons. The molecule has 0 aromatic carbocycles. The first kappa shape index (κ1) is 14.2. The normalized spacial score (nSPS) is 22.8. The van der Waals surface area contributed by atoms with E-state index >= 15 is 0 Å². The molecule has 0 amide bonds. The number of nitrogens with two attached hydrogens (primary N) is 1. The molecule has 0 unspecified atom stereocenters. The number of hydrogen-bond donors (Lipinski definition) is 1. The first-order chi connectivity index (χ1) is 5.52. The average Bonchev–Trinajstić information content (AvgIpc) is 1.98. The SMILES string of the molecule is NC1CCC(F)(F)CC1.[I][Pb][I]. The van der Waals surface area contributed by atoms with Gasteiger partial charge < -0.3 is 5.73 Å². The predicted molar refractivity (Wildman–Crippen MR) is 65.2 cm³/mol. The van der Waals surface area contributed by atoms with Crippen LogP contribution in [0.15, 0.2) is 0 Å². The van der Waals surface area contributed by atoms with Gasteiger partial charge in [-0.1, -0.05) is 0 Å². The standard InChI is InChI=1S/C6H11F2N.2HI.Pb/c7-6(8)3-1-5(9)2-4-6;;;/h5H,1-4,9H2;2*1H;/q;;;+2/p-2. The first-order valence-electron chi connectivity index (χ1n) is 3.61. The van der Waals surface area contributed by atoms with Crippen molar-refractivity contribution in [3.05, 3.63) is 0 Å². The molecule has 0 aliphatic heterocycles. The van der Waals surface area contributed by atoms with Crippen molar-refractivity contribution in [2.75, 3.05) is 0 Å². The Morgan fingerprint density at radius 1 is 1.25 bits per heavy atom. The summed E-state index contributed by atoms with van der Waals surface area (Å²) in [4.78, 5) is 0. The number of rotatable bonds is 0.